The number of rotatable bonds is 1. The summed E-state index contributed by atoms with van der Waals surface area (Å²) in [7, 11) is 0. The minimum Gasteiger partial charge on any atom is -0.298 e. The monoisotopic (exact) mass is 227 g/mol. The van der Waals surface area contributed by atoms with Gasteiger partial charge in [0.15, 0.2) is 5.17 Å². The molecule has 0 saturated carbocycles. The molecule has 0 unspecified atom stereocenters. The van der Waals surface area contributed by atoms with Gasteiger partial charge in [0.2, 0.25) is 0 Å². The number of hydrogen-bond acceptors (Lipinski definition) is 4. The second-order valence-electron chi connectivity index (χ2n) is 5.23. The molecule has 0 atom stereocenters. The standard InChI is InChI=1S/C11H21N3S/c1-11(2)8-12-10(15-9-11)13-14-6-4-3-5-7-14/h3-9H2,1-2H3,(H,12,13). The van der Waals surface area contributed by atoms with E-state index in [4.69, 9.17) is 0 Å². The van der Waals surface area contributed by atoms with Gasteiger partial charge in [-0.15, -0.1) is 0 Å². The van der Waals surface area contributed by atoms with Crippen molar-refractivity contribution in [2.24, 2.45) is 10.4 Å². The molecule has 2 aliphatic heterocycles. The fraction of sp³-hybridized carbons (Fsp3) is 0.909. The zero-order valence-corrected chi connectivity index (χ0v) is 10.6. The Morgan fingerprint density at radius 1 is 1.27 bits per heavy atom. The Hall–Kier alpha value is -0.220. The number of amidine groups is 1. The van der Waals surface area contributed by atoms with E-state index >= 15 is 0 Å². The predicted molar refractivity (Wildman–Crippen MR) is 67.1 cm³/mol. The number of piperidine rings is 1. The molecule has 86 valence electrons. The topological polar surface area (TPSA) is 27.6 Å². The number of hydrazine groups is 1. The minimum absolute atomic E-state index is 0.373. The SMILES string of the molecule is CC1(C)CN=C(NN2CCCCC2)SC1. The number of nitrogens with one attached hydrogen (secondary N) is 1. The van der Waals surface area contributed by atoms with Gasteiger partial charge in [0, 0.05) is 25.4 Å². The molecule has 0 aromatic carbocycles. The van der Waals surface area contributed by atoms with Crippen molar-refractivity contribution < 1.29 is 0 Å². The van der Waals surface area contributed by atoms with Crippen molar-refractivity contribution >= 4 is 16.9 Å². The van der Waals surface area contributed by atoms with Crippen molar-refractivity contribution in [3.63, 3.8) is 0 Å². The molecule has 2 heterocycles. The summed E-state index contributed by atoms with van der Waals surface area (Å²) in [5.41, 5.74) is 3.81. The molecule has 2 rings (SSSR count). The molecule has 0 spiro atoms. The Bertz CT molecular complexity index is 244. The first-order chi connectivity index (χ1) is 7.16. The summed E-state index contributed by atoms with van der Waals surface area (Å²) >= 11 is 1.86. The Balaban J connectivity index is 1.82. The summed E-state index contributed by atoms with van der Waals surface area (Å²) in [6.07, 6.45) is 4.01. The smallest absolute Gasteiger partial charge is 0.171 e. The summed E-state index contributed by atoms with van der Waals surface area (Å²) < 4.78 is 0. The second kappa shape index (κ2) is 4.74. The van der Waals surface area contributed by atoms with E-state index in [2.05, 4.69) is 29.3 Å². The molecule has 4 heteroatoms. The van der Waals surface area contributed by atoms with Gasteiger partial charge < -0.3 is 0 Å². The highest BCUT2D eigenvalue weighted by atomic mass is 32.2. The number of aliphatic imine (C=N–C) groups is 1. The molecular weight excluding hydrogens is 206 g/mol. The van der Waals surface area contributed by atoms with Crippen LogP contribution in [-0.2, 0) is 0 Å². The largest absolute Gasteiger partial charge is 0.298 e. The third kappa shape index (κ3) is 3.38. The summed E-state index contributed by atoms with van der Waals surface area (Å²) in [5.74, 6) is 1.17. The fourth-order valence-electron chi connectivity index (χ4n) is 1.85. The van der Waals surface area contributed by atoms with Crippen LogP contribution in [0.15, 0.2) is 4.99 Å². The minimum atomic E-state index is 0.373. The number of thioether (sulfide) groups is 1. The quantitative estimate of drug-likeness (QED) is 0.743. The molecule has 0 radical (unpaired) electrons. The Morgan fingerprint density at radius 2 is 2.00 bits per heavy atom. The van der Waals surface area contributed by atoms with Crippen LogP contribution in [0.4, 0.5) is 0 Å². The Morgan fingerprint density at radius 3 is 2.60 bits per heavy atom. The van der Waals surface area contributed by atoms with Crippen molar-refractivity contribution in [2.75, 3.05) is 25.4 Å². The number of nitrogens with zero attached hydrogens (tertiary/aromatic N) is 2. The summed E-state index contributed by atoms with van der Waals surface area (Å²) in [6.45, 7) is 7.85. The Labute approximate surface area is 96.7 Å². The maximum atomic E-state index is 4.60. The maximum absolute atomic E-state index is 4.60. The van der Waals surface area contributed by atoms with Gasteiger partial charge in [0.25, 0.3) is 0 Å². The lowest BCUT2D eigenvalue weighted by Gasteiger charge is -2.32. The fourth-order valence-corrected chi connectivity index (χ4v) is 2.82. The molecule has 1 fully saturated rings. The van der Waals surface area contributed by atoms with Crippen LogP contribution in [0.25, 0.3) is 0 Å². The van der Waals surface area contributed by atoms with Crippen molar-refractivity contribution in [2.45, 2.75) is 33.1 Å². The molecule has 2 aliphatic rings. The zero-order valence-electron chi connectivity index (χ0n) is 9.75. The van der Waals surface area contributed by atoms with E-state index < -0.39 is 0 Å². The summed E-state index contributed by atoms with van der Waals surface area (Å²) in [4.78, 5) is 4.60. The highest BCUT2D eigenvalue weighted by molar-refractivity contribution is 8.13. The average molecular weight is 227 g/mol. The van der Waals surface area contributed by atoms with Gasteiger partial charge in [0.05, 0.1) is 0 Å². The third-order valence-corrected chi connectivity index (χ3v) is 4.28. The van der Waals surface area contributed by atoms with Gasteiger partial charge in [-0.25, -0.2) is 5.01 Å². The molecule has 0 aromatic heterocycles. The van der Waals surface area contributed by atoms with E-state index in [1.807, 2.05) is 11.8 Å². The van der Waals surface area contributed by atoms with Crippen molar-refractivity contribution in [1.82, 2.24) is 10.4 Å². The maximum Gasteiger partial charge on any atom is 0.171 e. The van der Waals surface area contributed by atoms with E-state index in [-0.39, 0.29) is 0 Å². The van der Waals surface area contributed by atoms with Crippen LogP contribution < -0.4 is 5.43 Å². The van der Waals surface area contributed by atoms with Gasteiger partial charge in [-0.3, -0.25) is 10.4 Å². The van der Waals surface area contributed by atoms with Crippen LogP contribution in [0.2, 0.25) is 0 Å². The van der Waals surface area contributed by atoms with Crippen molar-refractivity contribution in [1.29, 1.82) is 0 Å². The highest BCUT2D eigenvalue weighted by Gasteiger charge is 2.24. The molecule has 15 heavy (non-hydrogen) atoms. The lowest BCUT2D eigenvalue weighted by Crippen LogP contribution is -2.45. The average Bonchev–Trinajstić information content (AvgIpc) is 2.23. The molecule has 0 bridgehead atoms. The van der Waals surface area contributed by atoms with Crippen LogP contribution in [0, 0.1) is 5.41 Å². The van der Waals surface area contributed by atoms with Crippen LogP contribution in [0.5, 0.6) is 0 Å². The Kier molecular flexibility index (Phi) is 3.57. The summed E-state index contributed by atoms with van der Waals surface area (Å²) in [5, 5.41) is 3.43. The van der Waals surface area contributed by atoms with E-state index in [0.717, 1.165) is 11.7 Å². The first kappa shape index (κ1) is 11.3. The van der Waals surface area contributed by atoms with E-state index in [1.54, 1.807) is 0 Å². The van der Waals surface area contributed by atoms with E-state index in [0.29, 0.717) is 5.41 Å². The van der Waals surface area contributed by atoms with Crippen molar-refractivity contribution in [3.8, 4) is 0 Å². The zero-order chi connectivity index (χ0) is 10.7. The molecule has 3 nitrogen and oxygen atoms in total. The van der Waals surface area contributed by atoms with E-state index in [1.165, 1.54) is 38.1 Å². The normalized spacial score (nSPS) is 27.2. The first-order valence-electron chi connectivity index (χ1n) is 5.85. The van der Waals surface area contributed by atoms with Gasteiger partial charge in [-0.05, 0) is 18.3 Å². The lowest BCUT2D eigenvalue weighted by molar-refractivity contribution is 0.195. The van der Waals surface area contributed by atoms with Crippen LogP contribution in [0.3, 0.4) is 0 Å². The van der Waals surface area contributed by atoms with Crippen LogP contribution in [-0.4, -0.2) is 35.6 Å². The first-order valence-corrected chi connectivity index (χ1v) is 6.83. The molecular formula is C11H21N3S. The predicted octanol–water partition coefficient (Wildman–Crippen LogP) is 2.11. The molecule has 1 saturated heterocycles. The van der Waals surface area contributed by atoms with Gasteiger partial charge in [0.1, 0.15) is 0 Å². The highest BCUT2D eigenvalue weighted by Crippen LogP contribution is 2.27. The van der Waals surface area contributed by atoms with Crippen molar-refractivity contribution in [3.05, 3.63) is 0 Å². The van der Waals surface area contributed by atoms with Crippen LogP contribution >= 0.6 is 11.8 Å². The van der Waals surface area contributed by atoms with Gasteiger partial charge in [-0.2, -0.15) is 0 Å². The second-order valence-corrected chi connectivity index (χ2v) is 6.20. The van der Waals surface area contributed by atoms with E-state index in [9.17, 15) is 0 Å². The lowest BCUT2D eigenvalue weighted by atomic mass is 9.97. The van der Waals surface area contributed by atoms with Crippen LogP contribution in [0.1, 0.15) is 33.1 Å². The summed E-state index contributed by atoms with van der Waals surface area (Å²) in [6, 6.07) is 0. The van der Waals surface area contributed by atoms with Gasteiger partial charge in [-0.1, -0.05) is 32.0 Å². The molecule has 0 amide bonds. The third-order valence-electron chi connectivity index (χ3n) is 2.86. The number of hydrogen-bond donors (Lipinski definition) is 1. The molecule has 0 aliphatic carbocycles. The molecule has 1 N–H and O–H groups in total. The van der Waals surface area contributed by atoms with Gasteiger partial charge >= 0.3 is 0 Å². The molecule has 0 aromatic rings.